The van der Waals surface area contributed by atoms with Crippen molar-refractivity contribution in [2.75, 3.05) is 19.0 Å². The maximum absolute atomic E-state index is 12.6. The van der Waals surface area contributed by atoms with Crippen molar-refractivity contribution in [2.45, 2.75) is 13.3 Å². The van der Waals surface area contributed by atoms with Gasteiger partial charge in [0.2, 0.25) is 0 Å². The fourth-order valence-electron chi connectivity index (χ4n) is 2.56. The van der Waals surface area contributed by atoms with Crippen LogP contribution in [0.4, 0.5) is 5.69 Å². The molecule has 2 aromatic carbocycles. The summed E-state index contributed by atoms with van der Waals surface area (Å²) in [5.41, 5.74) is 2.16. The molecule has 1 amide bonds. The third kappa shape index (κ3) is 5.15. The lowest BCUT2D eigenvalue weighted by Gasteiger charge is -2.12. The van der Waals surface area contributed by atoms with Gasteiger partial charge in [0.15, 0.2) is 11.5 Å². The number of para-hydroxylation sites is 1. The lowest BCUT2D eigenvalue weighted by molar-refractivity contribution is -0.112. The minimum absolute atomic E-state index is 0.0521. The number of carbonyl (C=O) groups excluding carboxylic acids is 1. The number of hydrogen-bond donors (Lipinski definition) is 1. The number of rotatable bonds is 8. The van der Waals surface area contributed by atoms with Gasteiger partial charge in [0.1, 0.15) is 18.2 Å². The van der Waals surface area contributed by atoms with E-state index in [2.05, 4.69) is 11.9 Å². The van der Waals surface area contributed by atoms with Crippen LogP contribution in [0.25, 0.3) is 6.08 Å². The first-order valence-corrected chi connectivity index (χ1v) is 9.04. The van der Waals surface area contributed by atoms with Gasteiger partial charge >= 0.3 is 0 Å². The molecule has 0 spiro atoms. The standard InChI is InChI=1S/C22H21ClN2O3/c1-4-10-28-21-18(23)12-15(13-20(21)27-3)11-17(14-24)22(26)25-19-9-7-6-8-16(19)5-2/h4,6-9,11-13H,1,5,10H2,2-3H3,(H,25,26)/b17-11+. The summed E-state index contributed by atoms with van der Waals surface area (Å²) in [7, 11) is 1.49. The van der Waals surface area contributed by atoms with Crippen LogP contribution < -0.4 is 14.8 Å². The van der Waals surface area contributed by atoms with Crippen LogP contribution in [-0.2, 0) is 11.2 Å². The highest BCUT2D eigenvalue weighted by molar-refractivity contribution is 6.32. The van der Waals surface area contributed by atoms with Crippen LogP contribution in [0, 0.1) is 11.3 Å². The Balaban J connectivity index is 2.33. The van der Waals surface area contributed by atoms with Crippen molar-refractivity contribution in [1.29, 1.82) is 5.26 Å². The van der Waals surface area contributed by atoms with Crippen molar-refractivity contribution in [3.63, 3.8) is 0 Å². The average molecular weight is 397 g/mol. The number of ether oxygens (including phenoxy) is 2. The summed E-state index contributed by atoms with van der Waals surface area (Å²) in [5.74, 6) is 0.279. The summed E-state index contributed by atoms with van der Waals surface area (Å²) >= 11 is 6.27. The highest BCUT2D eigenvalue weighted by Crippen LogP contribution is 2.37. The number of aryl methyl sites for hydroxylation is 1. The SMILES string of the molecule is C=CCOc1c(Cl)cc(/C=C(\C#N)C(=O)Nc2ccccc2CC)cc1OC. The number of methoxy groups -OCH3 is 1. The normalized spacial score (nSPS) is 10.7. The lowest BCUT2D eigenvalue weighted by atomic mass is 10.1. The number of amides is 1. The highest BCUT2D eigenvalue weighted by atomic mass is 35.5. The van der Waals surface area contributed by atoms with Crippen molar-refractivity contribution < 1.29 is 14.3 Å². The minimum atomic E-state index is -0.495. The largest absolute Gasteiger partial charge is 0.493 e. The fraction of sp³-hybridized carbons (Fsp3) is 0.182. The van der Waals surface area contributed by atoms with E-state index in [9.17, 15) is 10.1 Å². The average Bonchev–Trinajstić information content (AvgIpc) is 2.71. The van der Waals surface area contributed by atoms with Gasteiger partial charge in [-0.15, -0.1) is 0 Å². The first-order valence-electron chi connectivity index (χ1n) is 8.66. The molecule has 0 aliphatic heterocycles. The zero-order chi connectivity index (χ0) is 20.5. The van der Waals surface area contributed by atoms with Gasteiger partial charge < -0.3 is 14.8 Å². The smallest absolute Gasteiger partial charge is 0.266 e. The van der Waals surface area contributed by atoms with E-state index in [0.717, 1.165) is 12.0 Å². The molecule has 0 atom stereocenters. The third-order valence-electron chi connectivity index (χ3n) is 3.92. The van der Waals surface area contributed by atoms with E-state index in [1.165, 1.54) is 13.2 Å². The Labute approximate surface area is 169 Å². The van der Waals surface area contributed by atoms with Crippen LogP contribution in [0.1, 0.15) is 18.1 Å². The summed E-state index contributed by atoms with van der Waals surface area (Å²) < 4.78 is 10.8. The van der Waals surface area contributed by atoms with E-state index >= 15 is 0 Å². The van der Waals surface area contributed by atoms with E-state index in [1.807, 2.05) is 31.2 Å². The van der Waals surface area contributed by atoms with E-state index in [1.54, 1.807) is 24.3 Å². The summed E-state index contributed by atoms with van der Waals surface area (Å²) in [6, 6.07) is 12.7. The Morgan fingerprint density at radius 2 is 2.11 bits per heavy atom. The van der Waals surface area contributed by atoms with Crippen LogP contribution in [0.3, 0.4) is 0 Å². The van der Waals surface area contributed by atoms with E-state index < -0.39 is 5.91 Å². The van der Waals surface area contributed by atoms with Crippen molar-refractivity contribution in [3.05, 3.63) is 70.8 Å². The molecule has 0 saturated carbocycles. The van der Waals surface area contributed by atoms with Gasteiger partial charge in [0, 0.05) is 5.69 Å². The predicted octanol–water partition coefficient (Wildman–Crippen LogP) is 5.02. The number of benzene rings is 2. The monoisotopic (exact) mass is 396 g/mol. The molecule has 0 unspecified atom stereocenters. The van der Waals surface area contributed by atoms with Crippen molar-refractivity contribution in [1.82, 2.24) is 0 Å². The quantitative estimate of drug-likeness (QED) is 0.386. The number of hydrogen-bond acceptors (Lipinski definition) is 4. The topological polar surface area (TPSA) is 71.3 Å². The van der Waals surface area contributed by atoms with Gasteiger partial charge in [-0.2, -0.15) is 5.26 Å². The molecule has 0 saturated heterocycles. The zero-order valence-corrected chi connectivity index (χ0v) is 16.5. The maximum Gasteiger partial charge on any atom is 0.266 e. The molecule has 1 N–H and O–H groups in total. The van der Waals surface area contributed by atoms with Gasteiger partial charge in [0.25, 0.3) is 5.91 Å². The van der Waals surface area contributed by atoms with Crippen LogP contribution >= 0.6 is 11.6 Å². The Morgan fingerprint density at radius 3 is 2.75 bits per heavy atom. The third-order valence-corrected chi connectivity index (χ3v) is 4.20. The molecule has 0 fully saturated rings. The lowest BCUT2D eigenvalue weighted by Crippen LogP contribution is -2.14. The number of nitrogens with one attached hydrogen (secondary N) is 1. The first kappa shape index (κ1) is 21.1. The number of carbonyl (C=O) groups is 1. The fourth-order valence-corrected chi connectivity index (χ4v) is 2.83. The van der Waals surface area contributed by atoms with E-state index in [4.69, 9.17) is 21.1 Å². The van der Waals surface area contributed by atoms with Gasteiger partial charge in [0.05, 0.1) is 12.1 Å². The first-order chi connectivity index (χ1) is 13.5. The summed E-state index contributed by atoms with van der Waals surface area (Å²) in [5, 5.41) is 12.5. The summed E-state index contributed by atoms with van der Waals surface area (Å²) in [6.45, 7) is 5.86. The number of nitrogens with zero attached hydrogens (tertiary/aromatic N) is 1. The van der Waals surface area contributed by atoms with Gasteiger partial charge in [-0.25, -0.2) is 0 Å². The highest BCUT2D eigenvalue weighted by Gasteiger charge is 2.14. The zero-order valence-electron chi connectivity index (χ0n) is 15.8. The molecule has 6 heteroatoms. The molecular weight excluding hydrogens is 376 g/mol. The molecule has 0 radical (unpaired) electrons. The number of halogens is 1. The molecule has 0 bridgehead atoms. The Bertz CT molecular complexity index is 945. The van der Waals surface area contributed by atoms with E-state index in [0.29, 0.717) is 27.8 Å². The minimum Gasteiger partial charge on any atom is -0.493 e. The van der Waals surface area contributed by atoms with Gasteiger partial charge in [-0.05, 0) is 41.8 Å². The van der Waals surface area contributed by atoms with Crippen molar-refractivity contribution in [2.24, 2.45) is 0 Å². The van der Waals surface area contributed by atoms with E-state index in [-0.39, 0.29) is 12.2 Å². The summed E-state index contributed by atoms with van der Waals surface area (Å²) in [4.78, 5) is 12.6. The molecule has 28 heavy (non-hydrogen) atoms. The van der Waals surface area contributed by atoms with Crippen LogP contribution in [-0.4, -0.2) is 19.6 Å². The Morgan fingerprint density at radius 1 is 1.36 bits per heavy atom. The second kappa shape index (κ2) is 10.2. The molecule has 0 heterocycles. The van der Waals surface area contributed by atoms with Crippen LogP contribution in [0.2, 0.25) is 5.02 Å². The number of nitriles is 1. The summed E-state index contributed by atoms with van der Waals surface area (Å²) in [6.07, 6.45) is 3.81. The molecule has 2 rings (SSSR count). The molecule has 5 nitrogen and oxygen atoms in total. The van der Waals surface area contributed by atoms with Gasteiger partial charge in [-0.1, -0.05) is 49.4 Å². The van der Waals surface area contributed by atoms with Crippen LogP contribution in [0.5, 0.6) is 11.5 Å². The van der Waals surface area contributed by atoms with Gasteiger partial charge in [-0.3, -0.25) is 4.79 Å². The Hall–Kier alpha value is -3.23. The molecule has 0 aromatic heterocycles. The molecular formula is C22H21ClN2O3. The molecule has 144 valence electrons. The van der Waals surface area contributed by atoms with Crippen molar-refractivity contribution in [3.8, 4) is 17.6 Å². The second-order valence-electron chi connectivity index (χ2n) is 5.77. The second-order valence-corrected chi connectivity index (χ2v) is 6.18. The maximum atomic E-state index is 12.6. The van der Waals surface area contributed by atoms with Crippen LogP contribution in [0.15, 0.2) is 54.6 Å². The number of anilines is 1. The molecule has 2 aromatic rings. The molecule has 0 aliphatic carbocycles. The predicted molar refractivity (Wildman–Crippen MR) is 112 cm³/mol. The Kier molecular flexibility index (Phi) is 7.67. The molecule has 0 aliphatic rings. The van der Waals surface area contributed by atoms with Crippen molar-refractivity contribution >= 4 is 29.3 Å².